The first-order valence-electron chi connectivity index (χ1n) is 6.41. The van der Waals surface area contributed by atoms with Gasteiger partial charge in [-0.15, -0.1) is 0 Å². The molecule has 0 amide bonds. The standard InChI is InChI=1S/C17H20O2/c1-11-6-12(2)8-15(7-11)19-16-9-13(3)17(18-5)14(4)10-16/h6-10H,1-5H3. The number of methoxy groups -OCH3 is 1. The van der Waals surface area contributed by atoms with Gasteiger partial charge in [0.05, 0.1) is 7.11 Å². The summed E-state index contributed by atoms with van der Waals surface area (Å²) in [6, 6.07) is 10.2. The lowest BCUT2D eigenvalue weighted by atomic mass is 10.1. The van der Waals surface area contributed by atoms with Crippen molar-refractivity contribution in [1.82, 2.24) is 0 Å². The third kappa shape index (κ3) is 3.08. The molecule has 19 heavy (non-hydrogen) atoms. The Hall–Kier alpha value is -1.96. The summed E-state index contributed by atoms with van der Waals surface area (Å²) in [5.74, 6) is 2.65. The molecule has 0 atom stereocenters. The maximum absolute atomic E-state index is 5.95. The van der Waals surface area contributed by atoms with E-state index in [1.165, 1.54) is 11.1 Å². The Morgan fingerprint density at radius 1 is 0.684 bits per heavy atom. The first kappa shape index (κ1) is 13.5. The van der Waals surface area contributed by atoms with Gasteiger partial charge in [-0.05, 0) is 74.2 Å². The van der Waals surface area contributed by atoms with Crippen LogP contribution in [0.25, 0.3) is 0 Å². The number of aryl methyl sites for hydroxylation is 4. The van der Waals surface area contributed by atoms with Crippen LogP contribution in [0.5, 0.6) is 17.2 Å². The highest BCUT2D eigenvalue weighted by Gasteiger charge is 2.07. The van der Waals surface area contributed by atoms with Crippen LogP contribution in [-0.4, -0.2) is 7.11 Å². The third-order valence-electron chi connectivity index (χ3n) is 3.07. The molecule has 0 bridgehead atoms. The molecule has 2 rings (SSSR count). The molecule has 0 spiro atoms. The van der Waals surface area contributed by atoms with Gasteiger partial charge in [0, 0.05) is 0 Å². The summed E-state index contributed by atoms with van der Waals surface area (Å²) in [5, 5.41) is 0. The summed E-state index contributed by atoms with van der Waals surface area (Å²) in [4.78, 5) is 0. The quantitative estimate of drug-likeness (QED) is 0.791. The molecule has 0 saturated carbocycles. The molecule has 0 saturated heterocycles. The van der Waals surface area contributed by atoms with Gasteiger partial charge >= 0.3 is 0 Å². The van der Waals surface area contributed by atoms with E-state index in [9.17, 15) is 0 Å². The second kappa shape index (κ2) is 5.35. The van der Waals surface area contributed by atoms with Crippen LogP contribution in [0.2, 0.25) is 0 Å². The van der Waals surface area contributed by atoms with Gasteiger partial charge in [0.1, 0.15) is 17.2 Å². The summed E-state index contributed by atoms with van der Waals surface area (Å²) < 4.78 is 11.3. The van der Waals surface area contributed by atoms with E-state index in [-0.39, 0.29) is 0 Å². The molecule has 2 aromatic carbocycles. The molecule has 0 aliphatic carbocycles. The van der Waals surface area contributed by atoms with Gasteiger partial charge in [0.15, 0.2) is 0 Å². The third-order valence-corrected chi connectivity index (χ3v) is 3.07. The Balaban J connectivity index is 2.33. The summed E-state index contributed by atoms with van der Waals surface area (Å²) in [6.07, 6.45) is 0. The maximum atomic E-state index is 5.95. The maximum Gasteiger partial charge on any atom is 0.128 e. The first-order valence-corrected chi connectivity index (χ1v) is 6.41. The van der Waals surface area contributed by atoms with E-state index in [2.05, 4.69) is 19.9 Å². The van der Waals surface area contributed by atoms with Crippen molar-refractivity contribution in [2.45, 2.75) is 27.7 Å². The van der Waals surface area contributed by atoms with Crippen LogP contribution in [0.1, 0.15) is 22.3 Å². The Labute approximate surface area is 115 Å². The van der Waals surface area contributed by atoms with Crippen molar-refractivity contribution in [3.8, 4) is 17.2 Å². The smallest absolute Gasteiger partial charge is 0.128 e. The van der Waals surface area contributed by atoms with E-state index in [4.69, 9.17) is 9.47 Å². The van der Waals surface area contributed by atoms with Crippen molar-refractivity contribution < 1.29 is 9.47 Å². The predicted octanol–water partition coefficient (Wildman–Crippen LogP) is 4.72. The van der Waals surface area contributed by atoms with Crippen molar-refractivity contribution >= 4 is 0 Å². The van der Waals surface area contributed by atoms with Gasteiger partial charge in [-0.1, -0.05) is 6.07 Å². The molecule has 0 heterocycles. The predicted molar refractivity (Wildman–Crippen MR) is 78.5 cm³/mol. The van der Waals surface area contributed by atoms with Gasteiger partial charge in [-0.25, -0.2) is 0 Å². The van der Waals surface area contributed by atoms with Crippen LogP contribution in [0.4, 0.5) is 0 Å². The number of benzene rings is 2. The number of rotatable bonds is 3. The molecule has 0 aliphatic rings. The molecule has 0 N–H and O–H groups in total. The van der Waals surface area contributed by atoms with Crippen molar-refractivity contribution in [3.05, 3.63) is 52.6 Å². The van der Waals surface area contributed by atoms with E-state index in [0.29, 0.717) is 0 Å². The van der Waals surface area contributed by atoms with Crippen LogP contribution in [0, 0.1) is 27.7 Å². The van der Waals surface area contributed by atoms with Crippen LogP contribution >= 0.6 is 0 Å². The molecule has 0 unspecified atom stereocenters. The Bertz CT molecular complexity index is 557. The normalized spacial score (nSPS) is 10.4. The highest BCUT2D eigenvalue weighted by molar-refractivity contribution is 5.47. The van der Waals surface area contributed by atoms with E-state index >= 15 is 0 Å². The lowest BCUT2D eigenvalue weighted by molar-refractivity contribution is 0.406. The number of hydrogen-bond donors (Lipinski definition) is 0. The minimum Gasteiger partial charge on any atom is -0.496 e. The van der Waals surface area contributed by atoms with Crippen molar-refractivity contribution in [2.75, 3.05) is 7.11 Å². The molecule has 0 fully saturated rings. The lowest BCUT2D eigenvalue weighted by Gasteiger charge is -2.13. The summed E-state index contributed by atoms with van der Waals surface area (Å²) in [7, 11) is 1.69. The van der Waals surface area contributed by atoms with Gasteiger partial charge in [-0.2, -0.15) is 0 Å². The van der Waals surface area contributed by atoms with Crippen LogP contribution in [-0.2, 0) is 0 Å². The Morgan fingerprint density at radius 2 is 1.16 bits per heavy atom. The minimum absolute atomic E-state index is 0.848. The zero-order chi connectivity index (χ0) is 14.0. The molecular formula is C17H20O2. The number of hydrogen-bond acceptors (Lipinski definition) is 2. The van der Waals surface area contributed by atoms with Crippen LogP contribution < -0.4 is 9.47 Å². The van der Waals surface area contributed by atoms with E-state index < -0.39 is 0 Å². The zero-order valence-electron chi connectivity index (χ0n) is 12.2. The topological polar surface area (TPSA) is 18.5 Å². The fraction of sp³-hybridized carbons (Fsp3) is 0.294. The summed E-state index contributed by atoms with van der Waals surface area (Å²) in [6.45, 7) is 8.20. The molecule has 2 heteroatoms. The molecule has 2 aromatic rings. The molecule has 100 valence electrons. The highest BCUT2D eigenvalue weighted by atomic mass is 16.5. The summed E-state index contributed by atoms with van der Waals surface area (Å²) in [5.41, 5.74) is 4.58. The summed E-state index contributed by atoms with van der Waals surface area (Å²) >= 11 is 0. The zero-order valence-corrected chi connectivity index (χ0v) is 12.2. The van der Waals surface area contributed by atoms with Gasteiger partial charge in [-0.3, -0.25) is 0 Å². The average Bonchev–Trinajstić information content (AvgIpc) is 2.26. The van der Waals surface area contributed by atoms with E-state index in [1.54, 1.807) is 7.11 Å². The molecule has 0 radical (unpaired) electrons. The monoisotopic (exact) mass is 256 g/mol. The SMILES string of the molecule is COc1c(C)cc(Oc2cc(C)cc(C)c2)cc1C. The second-order valence-electron chi connectivity index (χ2n) is 5.02. The lowest BCUT2D eigenvalue weighted by Crippen LogP contribution is -1.93. The molecule has 0 aliphatic heterocycles. The average molecular weight is 256 g/mol. The minimum atomic E-state index is 0.848. The van der Waals surface area contributed by atoms with Crippen LogP contribution in [0.3, 0.4) is 0 Å². The highest BCUT2D eigenvalue weighted by Crippen LogP contribution is 2.31. The fourth-order valence-electron chi connectivity index (χ4n) is 2.42. The Morgan fingerprint density at radius 3 is 1.63 bits per heavy atom. The molecular weight excluding hydrogens is 236 g/mol. The first-order chi connectivity index (χ1) is 8.99. The molecule has 2 nitrogen and oxygen atoms in total. The van der Waals surface area contributed by atoms with Gasteiger partial charge in [0.2, 0.25) is 0 Å². The largest absolute Gasteiger partial charge is 0.496 e. The van der Waals surface area contributed by atoms with Crippen molar-refractivity contribution in [3.63, 3.8) is 0 Å². The molecule has 0 aromatic heterocycles. The van der Waals surface area contributed by atoms with Crippen molar-refractivity contribution in [2.24, 2.45) is 0 Å². The van der Waals surface area contributed by atoms with E-state index in [0.717, 1.165) is 28.4 Å². The van der Waals surface area contributed by atoms with Gasteiger partial charge < -0.3 is 9.47 Å². The van der Waals surface area contributed by atoms with E-state index in [1.807, 2.05) is 38.1 Å². The fourth-order valence-corrected chi connectivity index (χ4v) is 2.42. The number of ether oxygens (including phenoxy) is 2. The van der Waals surface area contributed by atoms with Crippen LogP contribution in [0.15, 0.2) is 30.3 Å². The second-order valence-corrected chi connectivity index (χ2v) is 5.02. The van der Waals surface area contributed by atoms with Crippen molar-refractivity contribution in [1.29, 1.82) is 0 Å². The van der Waals surface area contributed by atoms with Gasteiger partial charge in [0.25, 0.3) is 0 Å². The Kier molecular flexibility index (Phi) is 3.79.